The van der Waals surface area contributed by atoms with Crippen molar-refractivity contribution in [1.82, 2.24) is 10.3 Å². The van der Waals surface area contributed by atoms with E-state index in [0.29, 0.717) is 5.92 Å². The summed E-state index contributed by atoms with van der Waals surface area (Å²) in [7, 11) is 0. The highest BCUT2D eigenvalue weighted by Gasteiger charge is 2.15. The highest BCUT2D eigenvalue weighted by atomic mass is 79.9. The van der Waals surface area contributed by atoms with Gasteiger partial charge < -0.3 is 5.32 Å². The lowest BCUT2D eigenvalue weighted by atomic mass is 10.1. The summed E-state index contributed by atoms with van der Waals surface area (Å²) in [5.41, 5.74) is 1.24. The first-order valence-corrected chi connectivity index (χ1v) is 8.55. The first kappa shape index (κ1) is 14.2. The van der Waals surface area contributed by atoms with Crippen LogP contribution in [0.5, 0.6) is 0 Å². The van der Waals surface area contributed by atoms with Gasteiger partial charge in [-0.3, -0.25) is 0 Å². The minimum atomic E-state index is 0.479. The van der Waals surface area contributed by atoms with Crippen LogP contribution in [-0.2, 0) is 6.54 Å². The summed E-state index contributed by atoms with van der Waals surface area (Å²) in [6.45, 7) is 8.47. The standard InChI is InChI=1S/C13H17BrN2S2/c1-4-15-6-11-12(8(2)3)16-13(18-11)10-5-9(14)7-17-10/h5,7-8,15H,4,6H2,1-3H3. The predicted molar refractivity (Wildman–Crippen MR) is 84.6 cm³/mol. The molecular formula is C13H17BrN2S2. The molecule has 2 aromatic heterocycles. The third-order valence-corrected chi connectivity index (χ3v) is 5.52. The lowest BCUT2D eigenvalue weighted by molar-refractivity contribution is 0.714. The number of aromatic nitrogens is 1. The summed E-state index contributed by atoms with van der Waals surface area (Å²) in [5.74, 6) is 0.479. The van der Waals surface area contributed by atoms with Gasteiger partial charge in [-0.15, -0.1) is 22.7 Å². The molecule has 0 unspecified atom stereocenters. The molecule has 0 atom stereocenters. The van der Waals surface area contributed by atoms with E-state index in [1.807, 2.05) is 11.3 Å². The minimum absolute atomic E-state index is 0.479. The Labute approximate surface area is 125 Å². The second kappa shape index (κ2) is 6.28. The van der Waals surface area contributed by atoms with Crippen LogP contribution >= 0.6 is 38.6 Å². The smallest absolute Gasteiger partial charge is 0.133 e. The fourth-order valence-corrected chi connectivity index (χ4v) is 4.39. The maximum Gasteiger partial charge on any atom is 0.133 e. The van der Waals surface area contributed by atoms with Crippen molar-refractivity contribution in [2.45, 2.75) is 33.2 Å². The molecule has 2 nitrogen and oxygen atoms in total. The van der Waals surface area contributed by atoms with Crippen LogP contribution in [-0.4, -0.2) is 11.5 Å². The number of nitrogens with zero attached hydrogens (tertiary/aromatic N) is 1. The van der Waals surface area contributed by atoms with Gasteiger partial charge in [0, 0.05) is 21.3 Å². The average molecular weight is 345 g/mol. The molecule has 0 saturated heterocycles. The number of nitrogens with one attached hydrogen (secondary N) is 1. The van der Waals surface area contributed by atoms with Gasteiger partial charge in [0.2, 0.25) is 0 Å². The summed E-state index contributed by atoms with van der Waals surface area (Å²) in [4.78, 5) is 7.43. The molecule has 0 aromatic carbocycles. The fraction of sp³-hybridized carbons (Fsp3) is 0.462. The molecule has 0 aliphatic carbocycles. The Morgan fingerprint density at radius 1 is 1.44 bits per heavy atom. The molecule has 0 aliphatic heterocycles. The predicted octanol–water partition coefficient (Wildman–Crippen LogP) is 4.87. The normalized spacial score (nSPS) is 11.4. The maximum absolute atomic E-state index is 4.81. The molecule has 5 heteroatoms. The molecule has 18 heavy (non-hydrogen) atoms. The summed E-state index contributed by atoms with van der Waals surface area (Å²) in [6, 6.07) is 2.14. The topological polar surface area (TPSA) is 24.9 Å². The van der Waals surface area contributed by atoms with Gasteiger partial charge in [-0.05, 0) is 34.5 Å². The van der Waals surface area contributed by atoms with E-state index in [0.717, 1.165) is 22.6 Å². The number of hydrogen-bond acceptors (Lipinski definition) is 4. The van der Waals surface area contributed by atoms with Gasteiger partial charge in [0.05, 0.1) is 10.6 Å². The summed E-state index contributed by atoms with van der Waals surface area (Å²) in [5, 5.41) is 6.64. The van der Waals surface area contributed by atoms with Crippen molar-refractivity contribution in [1.29, 1.82) is 0 Å². The third kappa shape index (κ3) is 3.20. The van der Waals surface area contributed by atoms with Crippen LogP contribution in [0.3, 0.4) is 0 Å². The number of thiophene rings is 1. The van der Waals surface area contributed by atoms with Crippen LogP contribution in [0, 0.1) is 0 Å². The van der Waals surface area contributed by atoms with Gasteiger partial charge in [0.25, 0.3) is 0 Å². The largest absolute Gasteiger partial charge is 0.312 e. The fourth-order valence-electron chi connectivity index (χ4n) is 1.71. The summed E-state index contributed by atoms with van der Waals surface area (Å²) < 4.78 is 1.14. The Hall–Kier alpha value is -0.230. The third-order valence-electron chi connectivity index (χ3n) is 2.59. The van der Waals surface area contributed by atoms with Crippen molar-refractivity contribution in [3.05, 3.63) is 26.5 Å². The average Bonchev–Trinajstić information content (AvgIpc) is 2.92. The van der Waals surface area contributed by atoms with E-state index in [-0.39, 0.29) is 0 Å². The minimum Gasteiger partial charge on any atom is -0.312 e. The monoisotopic (exact) mass is 344 g/mol. The van der Waals surface area contributed by atoms with Gasteiger partial charge in [-0.25, -0.2) is 4.98 Å². The second-order valence-electron chi connectivity index (χ2n) is 4.39. The summed E-state index contributed by atoms with van der Waals surface area (Å²) >= 11 is 7.05. The van der Waals surface area contributed by atoms with Crippen molar-refractivity contribution in [2.24, 2.45) is 0 Å². The first-order valence-electron chi connectivity index (χ1n) is 6.06. The highest BCUT2D eigenvalue weighted by molar-refractivity contribution is 9.10. The molecule has 0 amide bonds. The Morgan fingerprint density at radius 3 is 2.78 bits per heavy atom. The molecule has 2 aromatic rings. The Morgan fingerprint density at radius 2 is 2.22 bits per heavy atom. The van der Waals surface area contributed by atoms with Gasteiger partial charge in [0.15, 0.2) is 0 Å². The van der Waals surface area contributed by atoms with Crippen molar-refractivity contribution in [2.75, 3.05) is 6.54 Å². The van der Waals surface area contributed by atoms with Crippen LogP contribution in [0.2, 0.25) is 0 Å². The first-order chi connectivity index (χ1) is 8.61. The van der Waals surface area contributed by atoms with Gasteiger partial charge >= 0.3 is 0 Å². The molecule has 98 valence electrons. The van der Waals surface area contributed by atoms with E-state index in [1.165, 1.54) is 15.4 Å². The van der Waals surface area contributed by atoms with Crippen LogP contribution < -0.4 is 5.32 Å². The van der Waals surface area contributed by atoms with Crippen molar-refractivity contribution >= 4 is 38.6 Å². The van der Waals surface area contributed by atoms with E-state index < -0.39 is 0 Å². The van der Waals surface area contributed by atoms with E-state index in [9.17, 15) is 0 Å². The zero-order chi connectivity index (χ0) is 13.1. The zero-order valence-electron chi connectivity index (χ0n) is 10.8. The number of hydrogen-bond donors (Lipinski definition) is 1. The zero-order valence-corrected chi connectivity index (χ0v) is 14.0. The number of rotatable bonds is 5. The molecule has 0 spiro atoms. The second-order valence-corrected chi connectivity index (χ2v) is 7.30. The number of halogens is 1. The van der Waals surface area contributed by atoms with Crippen molar-refractivity contribution in [3.63, 3.8) is 0 Å². The highest BCUT2D eigenvalue weighted by Crippen LogP contribution is 2.36. The quantitative estimate of drug-likeness (QED) is 0.836. The van der Waals surface area contributed by atoms with E-state index in [2.05, 4.69) is 53.5 Å². The molecular weight excluding hydrogens is 328 g/mol. The SMILES string of the molecule is CCNCc1sc(-c2cc(Br)cs2)nc1C(C)C. The molecule has 0 bridgehead atoms. The van der Waals surface area contributed by atoms with Crippen LogP contribution in [0.15, 0.2) is 15.9 Å². The molecule has 0 radical (unpaired) electrons. The Kier molecular flexibility index (Phi) is 4.95. The lowest BCUT2D eigenvalue weighted by Crippen LogP contribution is -2.12. The van der Waals surface area contributed by atoms with Crippen LogP contribution in [0.25, 0.3) is 9.88 Å². The molecule has 0 aliphatic rings. The van der Waals surface area contributed by atoms with E-state index >= 15 is 0 Å². The van der Waals surface area contributed by atoms with Crippen molar-refractivity contribution < 1.29 is 0 Å². The molecule has 2 rings (SSSR count). The van der Waals surface area contributed by atoms with Crippen LogP contribution in [0.4, 0.5) is 0 Å². The van der Waals surface area contributed by atoms with Gasteiger partial charge in [0.1, 0.15) is 5.01 Å². The van der Waals surface area contributed by atoms with Gasteiger partial charge in [-0.1, -0.05) is 20.8 Å². The van der Waals surface area contributed by atoms with Gasteiger partial charge in [-0.2, -0.15) is 0 Å². The van der Waals surface area contributed by atoms with E-state index in [1.54, 1.807) is 11.3 Å². The molecule has 0 saturated carbocycles. The maximum atomic E-state index is 4.81. The summed E-state index contributed by atoms with van der Waals surface area (Å²) in [6.07, 6.45) is 0. The molecule has 2 heterocycles. The van der Waals surface area contributed by atoms with E-state index in [4.69, 9.17) is 4.98 Å². The lowest BCUT2D eigenvalue weighted by Gasteiger charge is -2.04. The van der Waals surface area contributed by atoms with Crippen LogP contribution in [0.1, 0.15) is 37.3 Å². The Balaban J connectivity index is 2.32. The molecule has 1 N–H and O–H groups in total. The number of thiazole rings is 1. The Bertz CT molecular complexity index is 517. The van der Waals surface area contributed by atoms with Crippen molar-refractivity contribution in [3.8, 4) is 9.88 Å². The molecule has 0 fully saturated rings.